The molecule has 1 N–H and O–H groups in total. The van der Waals surface area contributed by atoms with Gasteiger partial charge in [0.25, 0.3) is 10.0 Å². The molecule has 3 nitrogen and oxygen atoms in total. The number of halogens is 5. The van der Waals surface area contributed by atoms with E-state index < -0.39 is 15.8 Å². The fraction of sp³-hybridized carbons (Fsp3) is 0. The molecule has 0 atom stereocenters. The molecular formula is C12H6BrCl3FNO2S. The Morgan fingerprint density at radius 2 is 1.62 bits per heavy atom. The number of nitrogens with one attached hydrogen (secondary N) is 1. The Morgan fingerprint density at radius 1 is 1.05 bits per heavy atom. The first-order valence-electron chi connectivity index (χ1n) is 5.33. The van der Waals surface area contributed by atoms with Crippen LogP contribution in [0.25, 0.3) is 0 Å². The summed E-state index contributed by atoms with van der Waals surface area (Å²) in [5.74, 6) is -0.771. The third-order valence-electron chi connectivity index (χ3n) is 2.40. The van der Waals surface area contributed by atoms with Crippen LogP contribution in [0.5, 0.6) is 0 Å². The van der Waals surface area contributed by atoms with Gasteiger partial charge in [-0.05, 0) is 30.3 Å². The second kappa shape index (κ2) is 6.30. The van der Waals surface area contributed by atoms with E-state index in [4.69, 9.17) is 34.8 Å². The predicted octanol–water partition coefficient (Wildman–Crippen LogP) is 5.35. The van der Waals surface area contributed by atoms with E-state index in [2.05, 4.69) is 20.7 Å². The van der Waals surface area contributed by atoms with E-state index in [9.17, 15) is 12.8 Å². The minimum Gasteiger partial charge on any atom is -0.277 e. The van der Waals surface area contributed by atoms with Gasteiger partial charge in [0, 0.05) is 9.50 Å². The summed E-state index contributed by atoms with van der Waals surface area (Å²) in [5.41, 5.74) is -0.294. The second-order valence-electron chi connectivity index (χ2n) is 3.93. The third kappa shape index (κ3) is 3.81. The van der Waals surface area contributed by atoms with Crippen molar-refractivity contribution in [2.24, 2.45) is 0 Å². The van der Waals surface area contributed by atoms with Gasteiger partial charge in [-0.15, -0.1) is 0 Å². The zero-order chi connectivity index (χ0) is 15.8. The Labute approximate surface area is 144 Å². The molecule has 0 radical (unpaired) electrons. The summed E-state index contributed by atoms with van der Waals surface area (Å²) in [6.07, 6.45) is 0. The Balaban J connectivity index is 2.51. The first kappa shape index (κ1) is 16.8. The van der Waals surface area contributed by atoms with E-state index >= 15 is 0 Å². The molecule has 9 heteroatoms. The molecule has 0 aromatic heterocycles. The third-order valence-corrected chi connectivity index (χ3v) is 5.38. The minimum atomic E-state index is -4.16. The van der Waals surface area contributed by atoms with Crippen LogP contribution in [0, 0.1) is 5.82 Å². The summed E-state index contributed by atoms with van der Waals surface area (Å²) in [5, 5.41) is -0.00396. The van der Waals surface area contributed by atoms with Crippen LogP contribution in [-0.2, 0) is 10.0 Å². The minimum absolute atomic E-state index is 0.0932. The van der Waals surface area contributed by atoms with Gasteiger partial charge in [-0.1, -0.05) is 50.7 Å². The highest BCUT2D eigenvalue weighted by molar-refractivity contribution is 9.10. The Morgan fingerprint density at radius 3 is 2.19 bits per heavy atom. The first-order valence-corrected chi connectivity index (χ1v) is 8.74. The fourth-order valence-corrected chi connectivity index (χ4v) is 4.73. The lowest BCUT2D eigenvalue weighted by Gasteiger charge is -2.12. The molecule has 0 heterocycles. The van der Waals surface area contributed by atoms with Crippen molar-refractivity contribution in [2.75, 3.05) is 4.72 Å². The van der Waals surface area contributed by atoms with Crippen molar-refractivity contribution in [1.29, 1.82) is 0 Å². The Bertz CT molecular complexity index is 791. The average molecular weight is 434 g/mol. The van der Waals surface area contributed by atoms with E-state index in [0.717, 1.165) is 12.1 Å². The average Bonchev–Trinajstić information content (AvgIpc) is 2.31. The molecule has 0 aliphatic rings. The molecule has 21 heavy (non-hydrogen) atoms. The van der Waals surface area contributed by atoms with E-state index in [1.807, 2.05) is 0 Å². The van der Waals surface area contributed by atoms with Crippen LogP contribution in [0.3, 0.4) is 0 Å². The maximum absolute atomic E-state index is 13.6. The summed E-state index contributed by atoms with van der Waals surface area (Å²) >= 11 is 20.7. The molecule has 0 bridgehead atoms. The number of benzene rings is 2. The maximum atomic E-state index is 13.6. The zero-order valence-electron chi connectivity index (χ0n) is 10.0. The number of rotatable bonds is 3. The van der Waals surface area contributed by atoms with Gasteiger partial charge in [0.15, 0.2) is 0 Å². The highest BCUT2D eigenvalue weighted by Gasteiger charge is 2.23. The maximum Gasteiger partial charge on any atom is 0.264 e. The Kier molecular flexibility index (Phi) is 5.05. The number of hydrogen-bond acceptors (Lipinski definition) is 2. The SMILES string of the molecule is O=S(=O)(Nc1cc(Cl)ccc1F)c1c(Cl)cc(Br)cc1Cl. The zero-order valence-corrected chi connectivity index (χ0v) is 14.7. The van der Waals surface area contributed by atoms with Gasteiger partial charge in [0.2, 0.25) is 0 Å². The van der Waals surface area contributed by atoms with E-state index in [1.54, 1.807) is 0 Å². The van der Waals surface area contributed by atoms with Crippen molar-refractivity contribution in [3.05, 3.63) is 55.7 Å². The van der Waals surface area contributed by atoms with Crippen LogP contribution in [-0.4, -0.2) is 8.42 Å². The number of hydrogen-bond donors (Lipinski definition) is 1. The predicted molar refractivity (Wildman–Crippen MR) is 86.4 cm³/mol. The van der Waals surface area contributed by atoms with Gasteiger partial charge >= 0.3 is 0 Å². The normalized spacial score (nSPS) is 11.5. The van der Waals surface area contributed by atoms with Gasteiger partial charge in [-0.3, -0.25) is 4.72 Å². The fourth-order valence-electron chi connectivity index (χ4n) is 1.56. The molecule has 0 fully saturated rings. The number of sulfonamides is 1. The lowest BCUT2D eigenvalue weighted by molar-refractivity contribution is 0.598. The van der Waals surface area contributed by atoms with Crippen LogP contribution >= 0.6 is 50.7 Å². The number of anilines is 1. The van der Waals surface area contributed by atoms with E-state index in [0.29, 0.717) is 4.47 Å². The summed E-state index contributed by atoms with van der Waals surface area (Å²) < 4.78 is 40.8. The molecule has 0 amide bonds. The molecule has 0 unspecified atom stereocenters. The van der Waals surface area contributed by atoms with Crippen LogP contribution in [0.4, 0.5) is 10.1 Å². The summed E-state index contributed by atoms with van der Waals surface area (Å²) in [6, 6.07) is 6.24. The summed E-state index contributed by atoms with van der Waals surface area (Å²) in [6.45, 7) is 0. The van der Waals surface area contributed by atoms with Crippen LogP contribution in [0.15, 0.2) is 39.7 Å². The smallest absolute Gasteiger partial charge is 0.264 e. The monoisotopic (exact) mass is 431 g/mol. The Hall–Kier alpha value is -0.530. The van der Waals surface area contributed by atoms with Crippen molar-refractivity contribution >= 4 is 66.4 Å². The molecule has 2 aromatic carbocycles. The van der Waals surface area contributed by atoms with Gasteiger partial charge in [0.05, 0.1) is 15.7 Å². The first-order chi connectivity index (χ1) is 9.70. The quantitative estimate of drug-likeness (QED) is 0.709. The standard InChI is InChI=1S/C12H6BrCl3FNO2S/c13-6-3-8(15)12(9(16)4-6)21(19,20)18-11-5-7(14)1-2-10(11)17/h1-5,18H. The van der Waals surface area contributed by atoms with Crippen molar-refractivity contribution in [3.8, 4) is 0 Å². The van der Waals surface area contributed by atoms with Crippen LogP contribution in [0.2, 0.25) is 15.1 Å². The molecule has 2 rings (SSSR count). The van der Waals surface area contributed by atoms with Gasteiger partial charge in [0.1, 0.15) is 10.7 Å². The van der Waals surface area contributed by atoms with Gasteiger partial charge in [-0.2, -0.15) is 0 Å². The molecule has 0 saturated heterocycles. The summed E-state index contributed by atoms with van der Waals surface area (Å²) in [4.78, 5) is -0.339. The van der Waals surface area contributed by atoms with E-state index in [-0.39, 0.29) is 25.7 Å². The van der Waals surface area contributed by atoms with Crippen molar-refractivity contribution in [3.63, 3.8) is 0 Å². The molecular weight excluding hydrogens is 427 g/mol. The molecule has 0 aliphatic carbocycles. The van der Waals surface area contributed by atoms with Crippen molar-refractivity contribution in [1.82, 2.24) is 0 Å². The molecule has 2 aromatic rings. The topological polar surface area (TPSA) is 46.2 Å². The lowest BCUT2D eigenvalue weighted by atomic mass is 10.3. The molecule has 0 saturated carbocycles. The molecule has 112 valence electrons. The second-order valence-corrected chi connectivity index (χ2v) is 7.71. The largest absolute Gasteiger partial charge is 0.277 e. The highest BCUT2D eigenvalue weighted by Crippen LogP contribution is 2.34. The van der Waals surface area contributed by atoms with Crippen LogP contribution < -0.4 is 4.72 Å². The van der Waals surface area contributed by atoms with Gasteiger partial charge < -0.3 is 0 Å². The molecule has 0 aliphatic heterocycles. The van der Waals surface area contributed by atoms with Gasteiger partial charge in [-0.25, -0.2) is 12.8 Å². The van der Waals surface area contributed by atoms with E-state index in [1.165, 1.54) is 18.2 Å². The van der Waals surface area contributed by atoms with Crippen molar-refractivity contribution < 1.29 is 12.8 Å². The highest BCUT2D eigenvalue weighted by atomic mass is 79.9. The van der Waals surface area contributed by atoms with Crippen LogP contribution in [0.1, 0.15) is 0 Å². The molecule has 0 spiro atoms. The van der Waals surface area contributed by atoms with Crippen molar-refractivity contribution in [2.45, 2.75) is 4.90 Å². The lowest BCUT2D eigenvalue weighted by Crippen LogP contribution is -2.15. The summed E-state index contributed by atoms with van der Waals surface area (Å²) in [7, 11) is -4.16.